The van der Waals surface area contributed by atoms with Gasteiger partial charge in [-0.15, -0.1) is 0 Å². The molecule has 0 aromatic rings. The van der Waals surface area contributed by atoms with Crippen molar-refractivity contribution in [3.8, 4) is 0 Å². The van der Waals surface area contributed by atoms with Crippen molar-refractivity contribution in [2.45, 2.75) is 96.8 Å². The van der Waals surface area contributed by atoms with Gasteiger partial charge in [-0.25, -0.2) is 0 Å². The van der Waals surface area contributed by atoms with Crippen LogP contribution < -0.4 is 11.5 Å². The van der Waals surface area contributed by atoms with E-state index in [1.54, 1.807) is 0 Å². The molecule has 0 aromatic carbocycles. The number of aliphatic carboxylic acids is 1. The van der Waals surface area contributed by atoms with E-state index in [0.717, 1.165) is 12.8 Å². The zero-order valence-electron chi connectivity index (χ0n) is 15.6. The third-order valence-corrected chi connectivity index (χ3v) is 3.65. The van der Waals surface area contributed by atoms with Crippen molar-refractivity contribution in [1.29, 1.82) is 5.41 Å². The van der Waals surface area contributed by atoms with Gasteiger partial charge in [-0.3, -0.25) is 10.2 Å². The number of carboxylic acids is 1. The van der Waals surface area contributed by atoms with Crippen molar-refractivity contribution in [3.63, 3.8) is 0 Å². The van der Waals surface area contributed by atoms with Crippen LogP contribution in [0.4, 0.5) is 0 Å². The highest BCUT2D eigenvalue weighted by molar-refractivity contribution is 5.71. The number of nitrogens with one attached hydrogen (secondary N) is 1. The van der Waals surface area contributed by atoms with Crippen molar-refractivity contribution < 1.29 is 9.90 Å². The molecule has 142 valence electrons. The van der Waals surface area contributed by atoms with E-state index in [1.807, 2.05) is 0 Å². The van der Waals surface area contributed by atoms with E-state index in [0.29, 0.717) is 6.42 Å². The number of nitrogens with two attached hydrogens (primary N) is 2. The lowest BCUT2D eigenvalue weighted by Gasteiger charge is -1.99. The summed E-state index contributed by atoms with van der Waals surface area (Å²) in [7, 11) is 0. The normalized spacial score (nSPS) is 10.4. The summed E-state index contributed by atoms with van der Waals surface area (Å²) in [6, 6.07) is 0. The molecule has 0 aliphatic heterocycles. The van der Waals surface area contributed by atoms with Crippen LogP contribution in [-0.4, -0.2) is 17.0 Å². The van der Waals surface area contributed by atoms with Crippen molar-refractivity contribution >= 4 is 11.9 Å². The lowest BCUT2D eigenvalue weighted by atomic mass is 10.1. The summed E-state index contributed by atoms with van der Waals surface area (Å²) in [5.41, 5.74) is 8.94. The molecule has 6 N–H and O–H groups in total. The fourth-order valence-corrected chi connectivity index (χ4v) is 2.35. The second-order valence-electron chi connectivity index (χ2n) is 6.18. The first-order chi connectivity index (χ1) is 11.5. The van der Waals surface area contributed by atoms with Gasteiger partial charge in [-0.05, 0) is 32.1 Å². The van der Waals surface area contributed by atoms with Crippen LogP contribution in [0.2, 0.25) is 0 Å². The third-order valence-electron chi connectivity index (χ3n) is 3.65. The van der Waals surface area contributed by atoms with Gasteiger partial charge in [0.2, 0.25) is 0 Å². The molecule has 0 atom stereocenters. The second-order valence-corrected chi connectivity index (χ2v) is 6.18. The Morgan fingerprint density at radius 2 is 1.21 bits per heavy atom. The molecule has 0 heterocycles. The Hall–Kier alpha value is -1.52. The smallest absolute Gasteiger partial charge is 0.303 e. The van der Waals surface area contributed by atoms with E-state index in [2.05, 4.69) is 30.5 Å². The summed E-state index contributed by atoms with van der Waals surface area (Å²) in [5, 5.41) is 14.6. The molecule has 0 bridgehead atoms. The van der Waals surface area contributed by atoms with E-state index in [-0.39, 0.29) is 5.96 Å². The van der Waals surface area contributed by atoms with Crippen molar-refractivity contribution in [2.75, 3.05) is 0 Å². The van der Waals surface area contributed by atoms with Crippen LogP contribution in [0.1, 0.15) is 96.8 Å². The number of guanidine groups is 1. The van der Waals surface area contributed by atoms with Crippen LogP contribution in [0.25, 0.3) is 0 Å². The molecule has 0 aliphatic carbocycles. The maximum Gasteiger partial charge on any atom is 0.303 e. The van der Waals surface area contributed by atoms with Crippen LogP contribution in [0, 0.1) is 5.41 Å². The van der Waals surface area contributed by atoms with E-state index >= 15 is 0 Å². The fraction of sp³-hybridized carbons (Fsp3) is 0.789. The van der Waals surface area contributed by atoms with Gasteiger partial charge in [0.25, 0.3) is 0 Å². The van der Waals surface area contributed by atoms with Crippen molar-refractivity contribution in [3.05, 3.63) is 12.2 Å². The standard InChI is InChI=1S/C18H34O2.CH5N3/c1-2-3-4-5-6-7-8-9-10-11-12-13-14-15-16-17-18(19)20;2-1(3)4/h9-10H,2-8,11-17H2,1H3,(H,19,20);(H5,2,3,4). The molecule has 0 fully saturated rings. The molecule has 0 radical (unpaired) electrons. The molecule has 0 aromatic heterocycles. The highest BCUT2D eigenvalue weighted by atomic mass is 16.4. The minimum absolute atomic E-state index is 0.332. The summed E-state index contributed by atoms with van der Waals surface area (Å²) in [5.74, 6) is -0.998. The van der Waals surface area contributed by atoms with Gasteiger partial charge >= 0.3 is 5.97 Å². The Morgan fingerprint density at radius 3 is 1.62 bits per heavy atom. The zero-order valence-corrected chi connectivity index (χ0v) is 15.6. The molecule has 0 saturated carbocycles. The Bertz CT molecular complexity index is 314. The predicted octanol–water partition coefficient (Wildman–Crippen LogP) is 4.95. The van der Waals surface area contributed by atoms with Crippen LogP contribution in [0.15, 0.2) is 12.2 Å². The zero-order chi connectivity index (χ0) is 18.5. The van der Waals surface area contributed by atoms with Crippen LogP contribution in [0.3, 0.4) is 0 Å². The van der Waals surface area contributed by atoms with E-state index < -0.39 is 5.97 Å². The molecular weight excluding hydrogens is 302 g/mol. The quantitative estimate of drug-likeness (QED) is 0.146. The molecule has 0 spiro atoms. The van der Waals surface area contributed by atoms with Crippen LogP contribution in [-0.2, 0) is 4.79 Å². The Morgan fingerprint density at radius 1 is 0.833 bits per heavy atom. The van der Waals surface area contributed by atoms with Crippen LogP contribution >= 0.6 is 0 Å². The van der Waals surface area contributed by atoms with Crippen molar-refractivity contribution in [1.82, 2.24) is 0 Å². The van der Waals surface area contributed by atoms with Crippen molar-refractivity contribution in [2.24, 2.45) is 11.5 Å². The average Bonchev–Trinajstić information content (AvgIpc) is 2.50. The first-order valence-electron chi connectivity index (χ1n) is 9.47. The average molecular weight is 342 g/mol. The van der Waals surface area contributed by atoms with Gasteiger partial charge in [0.15, 0.2) is 5.96 Å². The predicted molar refractivity (Wildman–Crippen MR) is 103 cm³/mol. The van der Waals surface area contributed by atoms with E-state index in [9.17, 15) is 4.79 Å². The summed E-state index contributed by atoms with van der Waals surface area (Å²) in [6.07, 6.45) is 21.2. The minimum Gasteiger partial charge on any atom is -0.481 e. The summed E-state index contributed by atoms with van der Waals surface area (Å²) >= 11 is 0. The highest BCUT2D eigenvalue weighted by Gasteiger charge is 1.95. The maximum atomic E-state index is 10.3. The highest BCUT2D eigenvalue weighted by Crippen LogP contribution is 2.09. The summed E-state index contributed by atoms with van der Waals surface area (Å²) < 4.78 is 0. The Kier molecular flexibility index (Phi) is 22.1. The number of carbonyl (C=O) groups is 1. The van der Waals surface area contributed by atoms with Gasteiger partial charge < -0.3 is 16.6 Å². The molecule has 5 heteroatoms. The van der Waals surface area contributed by atoms with Crippen LogP contribution in [0.5, 0.6) is 0 Å². The summed E-state index contributed by atoms with van der Waals surface area (Å²) in [4.78, 5) is 10.3. The molecule has 0 saturated heterocycles. The number of allylic oxidation sites excluding steroid dienone is 2. The Labute approximate surface area is 148 Å². The van der Waals surface area contributed by atoms with Gasteiger partial charge in [0.05, 0.1) is 0 Å². The molecule has 0 aliphatic rings. The SMILES string of the molecule is CCCCCCCCC=CCCCCCCCC(=O)O.N=C(N)N. The molecular formula is C19H39N3O2. The number of rotatable bonds is 15. The molecule has 0 unspecified atom stereocenters. The molecule has 5 nitrogen and oxygen atoms in total. The fourth-order valence-electron chi connectivity index (χ4n) is 2.35. The number of hydrogen-bond acceptors (Lipinski definition) is 2. The number of unbranched alkanes of at least 4 members (excludes halogenated alkanes) is 11. The molecule has 0 amide bonds. The van der Waals surface area contributed by atoms with Gasteiger partial charge in [-0.2, -0.15) is 0 Å². The topological polar surface area (TPSA) is 113 Å². The molecule has 0 rings (SSSR count). The lowest BCUT2D eigenvalue weighted by molar-refractivity contribution is -0.137. The minimum atomic E-state index is -0.664. The van der Waals surface area contributed by atoms with E-state index in [1.165, 1.54) is 70.6 Å². The largest absolute Gasteiger partial charge is 0.481 e. The van der Waals surface area contributed by atoms with Gasteiger partial charge in [0, 0.05) is 6.42 Å². The van der Waals surface area contributed by atoms with Gasteiger partial charge in [-0.1, -0.05) is 70.4 Å². The number of hydrogen-bond donors (Lipinski definition) is 4. The Balaban J connectivity index is 0. The first-order valence-corrected chi connectivity index (χ1v) is 9.47. The molecule has 24 heavy (non-hydrogen) atoms. The monoisotopic (exact) mass is 341 g/mol. The van der Waals surface area contributed by atoms with Gasteiger partial charge in [0.1, 0.15) is 0 Å². The summed E-state index contributed by atoms with van der Waals surface area (Å²) in [6.45, 7) is 2.26. The maximum absolute atomic E-state index is 10.3. The first kappa shape index (κ1) is 24.7. The number of carboxylic acid groups (broad SMARTS) is 1. The lowest BCUT2D eigenvalue weighted by Crippen LogP contribution is -2.20. The van der Waals surface area contributed by atoms with E-state index in [4.69, 9.17) is 10.5 Å². The third kappa shape index (κ3) is 32.4. The second kappa shape index (κ2) is 21.5.